The highest BCUT2D eigenvalue weighted by Crippen LogP contribution is 2.35. The summed E-state index contributed by atoms with van der Waals surface area (Å²) in [5.41, 5.74) is 7.42. The fourth-order valence-corrected chi connectivity index (χ4v) is 2.64. The number of hydrogen-bond donors (Lipinski definition) is 2. The molecule has 3 N–H and O–H groups in total. The van der Waals surface area contributed by atoms with Gasteiger partial charge in [-0.2, -0.15) is 0 Å². The minimum Gasteiger partial charge on any atom is -0.478 e. The number of carboxylic acids is 1. The lowest BCUT2D eigenvalue weighted by atomic mass is 10.0. The SMILES string of the molecule is Nc1cc2c(c(C(=O)O)c1)CCS2. The van der Waals surface area contributed by atoms with Crippen molar-refractivity contribution in [3.8, 4) is 0 Å². The van der Waals surface area contributed by atoms with Gasteiger partial charge in [-0.25, -0.2) is 4.79 Å². The van der Waals surface area contributed by atoms with Crippen molar-refractivity contribution >= 4 is 23.4 Å². The van der Waals surface area contributed by atoms with Gasteiger partial charge in [-0.3, -0.25) is 0 Å². The number of fused-ring (bicyclic) bond motifs is 1. The Morgan fingerprint density at radius 2 is 2.31 bits per heavy atom. The molecule has 1 aliphatic rings. The molecule has 1 heterocycles. The van der Waals surface area contributed by atoms with Gasteiger partial charge in [0.2, 0.25) is 0 Å². The molecular formula is C9H9NO2S. The van der Waals surface area contributed by atoms with Crippen LogP contribution < -0.4 is 5.73 Å². The molecule has 1 aliphatic heterocycles. The Hall–Kier alpha value is -1.16. The first-order valence-corrected chi connectivity index (χ1v) is 4.95. The molecule has 4 heteroatoms. The van der Waals surface area contributed by atoms with E-state index >= 15 is 0 Å². The number of anilines is 1. The lowest BCUT2D eigenvalue weighted by Gasteiger charge is -2.04. The molecule has 0 bridgehead atoms. The standard InChI is InChI=1S/C9H9NO2S/c10-5-3-7(9(11)12)6-1-2-13-8(6)4-5/h3-4H,1-2,10H2,(H,11,12). The third-order valence-corrected chi connectivity index (χ3v) is 3.15. The Labute approximate surface area is 79.9 Å². The smallest absolute Gasteiger partial charge is 0.336 e. The van der Waals surface area contributed by atoms with Crippen LogP contribution in [-0.2, 0) is 6.42 Å². The molecule has 0 unspecified atom stereocenters. The highest BCUT2D eigenvalue weighted by atomic mass is 32.2. The Balaban J connectivity index is 2.62. The lowest BCUT2D eigenvalue weighted by molar-refractivity contribution is 0.0695. The lowest BCUT2D eigenvalue weighted by Crippen LogP contribution is -2.03. The normalized spacial score (nSPS) is 14.2. The zero-order chi connectivity index (χ0) is 9.42. The van der Waals surface area contributed by atoms with Crippen molar-refractivity contribution < 1.29 is 9.90 Å². The second-order valence-corrected chi connectivity index (χ2v) is 4.09. The van der Waals surface area contributed by atoms with Crippen molar-refractivity contribution in [1.82, 2.24) is 0 Å². The van der Waals surface area contributed by atoms with Gasteiger partial charge in [0.25, 0.3) is 0 Å². The topological polar surface area (TPSA) is 63.3 Å². The summed E-state index contributed by atoms with van der Waals surface area (Å²) < 4.78 is 0. The minimum absolute atomic E-state index is 0.361. The first-order valence-electron chi connectivity index (χ1n) is 3.97. The predicted octanol–water partition coefficient (Wildman–Crippen LogP) is 1.62. The number of aromatic carboxylic acids is 1. The van der Waals surface area contributed by atoms with Crippen LogP contribution in [0, 0.1) is 0 Å². The maximum Gasteiger partial charge on any atom is 0.336 e. The molecule has 0 atom stereocenters. The quantitative estimate of drug-likeness (QED) is 0.668. The van der Waals surface area contributed by atoms with E-state index in [0.717, 1.165) is 22.6 Å². The van der Waals surface area contributed by atoms with Gasteiger partial charge in [-0.15, -0.1) is 11.8 Å². The Kier molecular flexibility index (Phi) is 1.92. The highest BCUT2D eigenvalue weighted by Gasteiger charge is 2.19. The molecule has 3 nitrogen and oxygen atoms in total. The van der Waals surface area contributed by atoms with Crippen LogP contribution in [0.4, 0.5) is 5.69 Å². The van der Waals surface area contributed by atoms with Crippen LogP contribution in [0.5, 0.6) is 0 Å². The first kappa shape index (κ1) is 8.44. The van der Waals surface area contributed by atoms with Crippen molar-refractivity contribution in [3.05, 3.63) is 23.3 Å². The summed E-state index contributed by atoms with van der Waals surface area (Å²) in [6, 6.07) is 3.38. The molecule has 0 amide bonds. The van der Waals surface area contributed by atoms with E-state index in [1.54, 1.807) is 11.8 Å². The fraction of sp³-hybridized carbons (Fsp3) is 0.222. The van der Waals surface area contributed by atoms with Crippen molar-refractivity contribution in [2.45, 2.75) is 11.3 Å². The monoisotopic (exact) mass is 195 g/mol. The number of nitrogen functional groups attached to an aromatic ring is 1. The summed E-state index contributed by atoms with van der Waals surface area (Å²) in [5.74, 6) is 0.0741. The van der Waals surface area contributed by atoms with Crippen LogP contribution in [0.1, 0.15) is 15.9 Å². The zero-order valence-corrected chi connectivity index (χ0v) is 7.73. The van der Waals surface area contributed by atoms with Gasteiger partial charge < -0.3 is 10.8 Å². The molecule has 1 aromatic rings. The van der Waals surface area contributed by atoms with Crippen LogP contribution >= 0.6 is 11.8 Å². The van der Waals surface area contributed by atoms with Gasteiger partial charge >= 0.3 is 5.97 Å². The van der Waals surface area contributed by atoms with Gasteiger partial charge in [0, 0.05) is 16.3 Å². The molecule has 0 saturated carbocycles. The Bertz CT molecular complexity index is 376. The van der Waals surface area contributed by atoms with Crippen LogP contribution in [-0.4, -0.2) is 16.8 Å². The van der Waals surface area contributed by atoms with E-state index in [0.29, 0.717) is 11.3 Å². The largest absolute Gasteiger partial charge is 0.478 e. The molecule has 0 radical (unpaired) electrons. The Morgan fingerprint density at radius 1 is 1.54 bits per heavy atom. The molecule has 68 valence electrons. The fourth-order valence-electron chi connectivity index (χ4n) is 1.51. The van der Waals surface area contributed by atoms with Crippen LogP contribution in [0.25, 0.3) is 0 Å². The number of benzene rings is 1. The molecule has 0 spiro atoms. The van der Waals surface area contributed by atoms with E-state index in [1.807, 2.05) is 6.07 Å². The second-order valence-electron chi connectivity index (χ2n) is 2.95. The molecule has 0 aromatic heterocycles. The van der Waals surface area contributed by atoms with E-state index in [9.17, 15) is 4.79 Å². The average Bonchev–Trinajstić information content (AvgIpc) is 2.49. The van der Waals surface area contributed by atoms with Crippen LogP contribution in [0.2, 0.25) is 0 Å². The third-order valence-electron chi connectivity index (χ3n) is 2.07. The number of carboxylic acid groups (broad SMARTS) is 1. The van der Waals surface area contributed by atoms with Crippen molar-refractivity contribution in [3.63, 3.8) is 0 Å². The zero-order valence-electron chi connectivity index (χ0n) is 6.91. The Morgan fingerprint density at radius 3 is 3.00 bits per heavy atom. The van der Waals surface area contributed by atoms with E-state index in [-0.39, 0.29) is 0 Å². The van der Waals surface area contributed by atoms with E-state index in [2.05, 4.69) is 0 Å². The summed E-state index contributed by atoms with van der Waals surface area (Å²) in [5, 5.41) is 8.91. The number of carbonyl (C=O) groups is 1. The molecule has 1 aromatic carbocycles. The van der Waals surface area contributed by atoms with Crippen molar-refractivity contribution in [2.24, 2.45) is 0 Å². The molecule has 2 rings (SSSR count). The number of rotatable bonds is 1. The predicted molar refractivity (Wildman–Crippen MR) is 52.2 cm³/mol. The molecule has 13 heavy (non-hydrogen) atoms. The summed E-state index contributed by atoms with van der Waals surface area (Å²) in [6.45, 7) is 0. The maximum absolute atomic E-state index is 10.8. The number of nitrogens with two attached hydrogens (primary N) is 1. The third kappa shape index (κ3) is 1.37. The van der Waals surface area contributed by atoms with Crippen LogP contribution in [0.15, 0.2) is 17.0 Å². The molecular weight excluding hydrogens is 186 g/mol. The summed E-state index contributed by atoms with van der Waals surface area (Å²) in [7, 11) is 0. The molecule has 0 fully saturated rings. The van der Waals surface area contributed by atoms with E-state index in [1.165, 1.54) is 6.07 Å². The van der Waals surface area contributed by atoms with E-state index < -0.39 is 5.97 Å². The van der Waals surface area contributed by atoms with Gasteiger partial charge in [0.1, 0.15) is 0 Å². The second kappa shape index (κ2) is 2.96. The van der Waals surface area contributed by atoms with Gasteiger partial charge in [-0.05, 0) is 24.1 Å². The summed E-state index contributed by atoms with van der Waals surface area (Å²) in [4.78, 5) is 11.9. The maximum atomic E-state index is 10.8. The minimum atomic E-state index is -0.883. The highest BCUT2D eigenvalue weighted by molar-refractivity contribution is 7.99. The van der Waals surface area contributed by atoms with Crippen molar-refractivity contribution in [2.75, 3.05) is 11.5 Å². The molecule has 0 aliphatic carbocycles. The summed E-state index contributed by atoms with van der Waals surface area (Å²) in [6.07, 6.45) is 0.835. The first-order chi connectivity index (χ1) is 6.18. The summed E-state index contributed by atoms with van der Waals surface area (Å²) >= 11 is 1.67. The number of thioether (sulfide) groups is 1. The van der Waals surface area contributed by atoms with Gasteiger partial charge in [0.05, 0.1) is 5.56 Å². The molecule has 0 saturated heterocycles. The van der Waals surface area contributed by atoms with Crippen LogP contribution in [0.3, 0.4) is 0 Å². The average molecular weight is 195 g/mol. The van der Waals surface area contributed by atoms with E-state index in [4.69, 9.17) is 10.8 Å². The van der Waals surface area contributed by atoms with Gasteiger partial charge in [0.15, 0.2) is 0 Å². The van der Waals surface area contributed by atoms with Gasteiger partial charge in [-0.1, -0.05) is 0 Å². The number of hydrogen-bond acceptors (Lipinski definition) is 3. The van der Waals surface area contributed by atoms with Crippen molar-refractivity contribution in [1.29, 1.82) is 0 Å².